The van der Waals surface area contributed by atoms with Crippen molar-refractivity contribution < 1.29 is 22.7 Å². The van der Waals surface area contributed by atoms with Gasteiger partial charge in [-0.2, -0.15) is 13.2 Å². The van der Waals surface area contributed by atoms with Crippen LogP contribution < -0.4 is 15.4 Å². The topological polar surface area (TPSA) is 95.2 Å². The molecule has 2 aliphatic heterocycles. The Labute approximate surface area is 200 Å². The molecule has 0 aliphatic carbocycles. The first kappa shape index (κ1) is 23.4. The van der Waals surface area contributed by atoms with Gasteiger partial charge in [0.1, 0.15) is 5.56 Å². The number of fused-ring (bicyclic) bond motifs is 1. The molecule has 11 heteroatoms. The van der Waals surface area contributed by atoms with E-state index in [1.165, 1.54) is 6.20 Å². The van der Waals surface area contributed by atoms with E-state index in [0.717, 1.165) is 44.8 Å². The summed E-state index contributed by atoms with van der Waals surface area (Å²) >= 11 is 0. The van der Waals surface area contributed by atoms with Gasteiger partial charge in [0.2, 0.25) is 5.95 Å². The second-order valence-electron chi connectivity index (χ2n) is 8.94. The molecule has 1 atom stereocenters. The number of carbonyl (C=O) groups is 1. The Kier molecular flexibility index (Phi) is 6.50. The molecule has 2 aromatic heterocycles. The van der Waals surface area contributed by atoms with Crippen LogP contribution in [0.5, 0.6) is 5.75 Å². The van der Waals surface area contributed by atoms with Gasteiger partial charge < -0.3 is 25.3 Å². The summed E-state index contributed by atoms with van der Waals surface area (Å²) in [5, 5.41) is 6.88. The lowest BCUT2D eigenvalue weighted by Crippen LogP contribution is -2.38. The lowest BCUT2D eigenvalue weighted by molar-refractivity contribution is -0.137. The van der Waals surface area contributed by atoms with Gasteiger partial charge in [-0.1, -0.05) is 12.1 Å². The fourth-order valence-electron chi connectivity index (χ4n) is 4.66. The molecule has 35 heavy (non-hydrogen) atoms. The number of aromatic amines is 1. The Bertz CT molecular complexity index is 1200. The van der Waals surface area contributed by atoms with Crippen molar-refractivity contribution in [2.45, 2.75) is 44.3 Å². The number of anilines is 1. The molecular weight excluding hydrogens is 461 g/mol. The van der Waals surface area contributed by atoms with Crippen LogP contribution >= 0.6 is 0 Å². The molecule has 5 rings (SSSR count). The van der Waals surface area contributed by atoms with Crippen LogP contribution in [-0.2, 0) is 6.18 Å². The van der Waals surface area contributed by atoms with Crippen LogP contribution in [0.25, 0.3) is 22.2 Å². The third-order valence-electron chi connectivity index (χ3n) is 6.47. The van der Waals surface area contributed by atoms with E-state index in [4.69, 9.17) is 4.74 Å². The Balaban J connectivity index is 1.49. The Morgan fingerprint density at radius 2 is 2.00 bits per heavy atom. The highest BCUT2D eigenvalue weighted by Crippen LogP contribution is 2.40. The number of carbonyl (C=O) groups excluding carboxylic acids is 1. The zero-order valence-electron chi connectivity index (χ0n) is 19.1. The first-order chi connectivity index (χ1) is 16.9. The number of benzene rings is 1. The number of nitrogens with zero attached hydrogens (tertiary/aromatic N) is 3. The van der Waals surface area contributed by atoms with Crippen LogP contribution in [0, 0.1) is 0 Å². The number of likely N-dealkylation sites (tertiary alicyclic amines) is 1. The van der Waals surface area contributed by atoms with Crippen LogP contribution in [0.15, 0.2) is 30.6 Å². The molecule has 2 saturated heterocycles. The van der Waals surface area contributed by atoms with E-state index in [0.29, 0.717) is 30.5 Å². The summed E-state index contributed by atoms with van der Waals surface area (Å²) in [4.78, 5) is 25.5. The fraction of sp³-hybridized carbons (Fsp3) is 0.458. The monoisotopic (exact) mass is 488 g/mol. The van der Waals surface area contributed by atoms with Crippen LogP contribution in [0.1, 0.15) is 37.7 Å². The average molecular weight is 489 g/mol. The van der Waals surface area contributed by atoms with Crippen molar-refractivity contribution in [3.05, 3.63) is 36.2 Å². The van der Waals surface area contributed by atoms with Gasteiger partial charge in [-0.3, -0.25) is 0 Å². The molecular formula is C24H27F3N6O2. The molecule has 0 saturated carbocycles. The summed E-state index contributed by atoms with van der Waals surface area (Å²) in [6, 6.07) is 5.00. The van der Waals surface area contributed by atoms with Crippen LogP contribution in [0.4, 0.5) is 23.9 Å². The van der Waals surface area contributed by atoms with Gasteiger partial charge in [0.15, 0.2) is 5.75 Å². The van der Waals surface area contributed by atoms with E-state index >= 15 is 0 Å². The maximum absolute atomic E-state index is 13.9. The normalized spacial score (nSPS) is 19.1. The molecule has 3 aromatic rings. The molecule has 8 nitrogen and oxygen atoms in total. The number of hydrogen-bond acceptors (Lipinski definition) is 6. The van der Waals surface area contributed by atoms with Gasteiger partial charge in [0.25, 0.3) is 0 Å². The minimum absolute atomic E-state index is 0.0390. The summed E-state index contributed by atoms with van der Waals surface area (Å²) in [7, 11) is 0. The van der Waals surface area contributed by atoms with Crippen molar-refractivity contribution in [3.8, 4) is 17.0 Å². The van der Waals surface area contributed by atoms with Crippen molar-refractivity contribution in [1.29, 1.82) is 0 Å². The number of rotatable bonds is 4. The van der Waals surface area contributed by atoms with Crippen LogP contribution in [0.2, 0.25) is 0 Å². The van der Waals surface area contributed by atoms with E-state index in [9.17, 15) is 18.0 Å². The molecule has 1 amide bonds. The van der Waals surface area contributed by atoms with E-state index < -0.39 is 17.8 Å². The SMILES string of the molecule is O=C(Oc1cccc2c(-c3nc(N[C@H]4CCCNC4)ncc3C(F)(F)F)c[nH]c12)N1CCCCC1. The zero-order valence-corrected chi connectivity index (χ0v) is 19.1. The number of piperidine rings is 2. The third-order valence-corrected chi connectivity index (χ3v) is 6.47. The second kappa shape index (κ2) is 9.73. The summed E-state index contributed by atoms with van der Waals surface area (Å²) in [5.41, 5.74) is -0.466. The molecule has 0 radical (unpaired) electrons. The lowest BCUT2D eigenvalue weighted by atomic mass is 10.1. The smallest absolute Gasteiger partial charge is 0.408 e. The van der Waals surface area contributed by atoms with Gasteiger partial charge in [0, 0.05) is 49.0 Å². The molecule has 1 aromatic carbocycles. The van der Waals surface area contributed by atoms with E-state index in [2.05, 4.69) is 25.6 Å². The highest BCUT2D eigenvalue weighted by Gasteiger charge is 2.36. The predicted molar refractivity (Wildman–Crippen MR) is 125 cm³/mol. The van der Waals surface area contributed by atoms with Crippen molar-refractivity contribution >= 4 is 22.9 Å². The predicted octanol–water partition coefficient (Wildman–Crippen LogP) is 4.79. The number of nitrogens with one attached hydrogen (secondary N) is 3. The Morgan fingerprint density at radius 3 is 2.74 bits per heavy atom. The minimum atomic E-state index is -4.64. The summed E-state index contributed by atoms with van der Waals surface area (Å²) in [5.74, 6) is 0.405. The molecule has 2 fully saturated rings. The van der Waals surface area contributed by atoms with E-state index in [1.54, 1.807) is 23.1 Å². The third kappa shape index (κ3) is 5.04. The summed E-state index contributed by atoms with van der Waals surface area (Å²) in [6.07, 6.45) is 1.96. The van der Waals surface area contributed by atoms with Gasteiger partial charge in [-0.05, 0) is 44.7 Å². The van der Waals surface area contributed by atoms with Crippen molar-refractivity contribution in [3.63, 3.8) is 0 Å². The average Bonchev–Trinajstić information content (AvgIpc) is 3.30. The molecule has 3 N–H and O–H groups in total. The van der Waals surface area contributed by atoms with Crippen molar-refractivity contribution in [2.75, 3.05) is 31.5 Å². The van der Waals surface area contributed by atoms with Crippen molar-refractivity contribution in [2.24, 2.45) is 0 Å². The van der Waals surface area contributed by atoms with Gasteiger partial charge in [-0.15, -0.1) is 0 Å². The molecule has 0 bridgehead atoms. The number of para-hydroxylation sites is 1. The van der Waals surface area contributed by atoms with Gasteiger partial charge >= 0.3 is 12.3 Å². The molecule has 0 spiro atoms. The first-order valence-electron chi connectivity index (χ1n) is 11.9. The van der Waals surface area contributed by atoms with Gasteiger partial charge in [0.05, 0.1) is 11.2 Å². The largest absolute Gasteiger partial charge is 0.419 e. The molecule has 2 aliphatic rings. The number of halogens is 3. The number of hydrogen-bond donors (Lipinski definition) is 3. The van der Waals surface area contributed by atoms with Crippen molar-refractivity contribution in [1.82, 2.24) is 25.2 Å². The number of H-pyrrole nitrogens is 1. The standard InChI is InChI=1S/C24H27F3N6O2/c25-24(26,27)18-14-30-22(31-15-6-5-9-28-12-15)32-20(18)17-13-29-21-16(17)7-4-8-19(21)35-23(34)33-10-2-1-3-11-33/h4,7-8,13-15,28-29H,1-3,5-6,9-12H2,(H,30,31,32)/t15-/m0/s1. The van der Waals surface area contributed by atoms with E-state index in [-0.39, 0.29) is 29.0 Å². The maximum Gasteiger partial charge on any atom is 0.419 e. The fourth-order valence-corrected chi connectivity index (χ4v) is 4.66. The number of aromatic nitrogens is 3. The highest BCUT2D eigenvalue weighted by molar-refractivity contribution is 5.99. The quantitative estimate of drug-likeness (QED) is 0.489. The van der Waals surface area contributed by atoms with Crippen LogP contribution in [0.3, 0.4) is 0 Å². The van der Waals surface area contributed by atoms with Gasteiger partial charge in [-0.25, -0.2) is 14.8 Å². The number of alkyl halides is 3. The number of ether oxygens (including phenoxy) is 1. The summed E-state index contributed by atoms with van der Waals surface area (Å²) < 4.78 is 47.3. The zero-order chi connectivity index (χ0) is 24.4. The summed E-state index contributed by atoms with van der Waals surface area (Å²) in [6.45, 7) is 2.87. The first-order valence-corrected chi connectivity index (χ1v) is 11.9. The maximum atomic E-state index is 13.9. The lowest BCUT2D eigenvalue weighted by Gasteiger charge is -2.25. The minimum Gasteiger partial charge on any atom is -0.408 e. The molecule has 186 valence electrons. The van der Waals surface area contributed by atoms with E-state index in [1.807, 2.05) is 0 Å². The Morgan fingerprint density at radius 1 is 1.17 bits per heavy atom. The molecule has 4 heterocycles. The molecule has 0 unspecified atom stereocenters. The Hall–Kier alpha value is -3.34. The number of amides is 1. The second-order valence-corrected chi connectivity index (χ2v) is 8.94. The highest BCUT2D eigenvalue weighted by atomic mass is 19.4. The van der Waals surface area contributed by atoms with Crippen LogP contribution in [-0.4, -0.2) is 58.2 Å².